The molecule has 0 aliphatic heterocycles. The van der Waals surface area contributed by atoms with Crippen molar-refractivity contribution in [2.45, 2.75) is 6.42 Å². The van der Waals surface area contributed by atoms with Crippen molar-refractivity contribution in [2.75, 3.05) is 31.1 Å². The molecule has 1 amide bonds. The van der Waals surface area contributed by atoms with Crippen molar-refractivity contribution < 1.29 is 9.90 Å². The second-order valence-corrected chi connectivity index (χ2v) is 3.93. The molecule has 0 fully saturated rings. The number of amides is 1. The smallest absolute Gasteiger partial charge is 0.239 e. The predicted octanol–water partition coefficient (Wildman–Crippen LogP) is 1.18. The maximum Gasteiger partial charge on any atom is 0.239 e. The van der Waals surface area contributed by atoms with E-state index in [0.717, 1.165) is 5.69 Å². The Morgan fingerprint density at radius 2 is 2.11 bits per heavy atom. The Labute approximate surface area is 108 Å². The molecule has 0 heterocycles. The summed E-state index contributed by atoms with van der Waals surface area (Å²) in [7, 11) is 0. The molecule has 98 valence electrons. The lowest BCUT2D eigenvalue weighted by Crippen LogP contribution is -2.38. The molecule has 0 saturated carbocycles. The maximum atomic E-state index is 11.7. The second kappa shape index (κ2) is 8.31. The fraction of sp³-hybridized carbons (Fsp3) is 0.357. The lowest BCUT2D eigenvalue weighted by atomic mass is 10.2. The number of carbonyl (C=O) groups excluding carboxylic acids is 1. The molecule has 4 nitrogen and oxygen atoms in total. The van der Waals surface area contributed by atoms with E-state index in [4.69, 9.17) is 5.11 Å². The minimum absolute atomic E-state index is 0.0447. The summed E-state index contributed by atoms with van der Waals surface area (Å²) in [6.07, 6.45) is 2.29. The Morgan fingerprint density at radius 1 is 1.39 bits per heavy atom. The Kier molecular flexibility index (Phi) is 6.58. The number of nitrogens with zero attached hydrogens (tertiary/aromatic N) is 1. The molecule has 4 heteroatoms. The van der Waals surface area contributed by atoms with E-state index in [1.165, 1.54) is 0 Å². The molecular weight excluding hydrogens is 228 g/mol. The highest BCUT2D eigenvalue weighted by atomic mass is 16.3. The number of para-hydroxylation sites is 1. The zero-order valence-corrected chi connectivity index (χ0v) is 10.5. The summed E-state index contributed by atoms with van der Waals surface area (Å²) in [6, 6.07) is 9.72. The SMILES string of the molecule is C=CCNC(=O)CN(CCCO)c1ccccc1. The van der Waals surface area contributed by atoms with Gasteiger partial charge in [0.2, 0.25) is 5.91 Å². The monoisotopic (exact) mass is 248 g/mol. The number of hydrogen-bond acceptors (Lipinski definition) is 3. The number of aliphatic hydroxyl groups is 1. The van der Waals surface area contributed by atoms with Crippen molar-refractivity contribution in [1.82, 2.24) is 5.32 Å². The minimum Gasteiger partial charge on any atom is -0.396 e. The molecule has 0 atom stereocenters. The number of aliphatic hydroxyl groups excluding tert-OH is 1. The van der Waals surface area contributed by atoms with E-state index < -0.39 is 0 Å². The van der Waals surface area contributed by atoms with Gasteiger partial charge in [0, 0.05) is 25.4 Å². The number of hydrogen-bond donors (Lipinski definition) is 2. The number of carbonyl (C=O) groups is 1. The quantitative estimate of drug-likeness (QED) is 0.679. The van der Waals surface area contributed by atoms with Crippen LogP contribution in [0, 0.1) is 0 Å². The molecule has 0 bridgehead atoms. The average Bonchev–Trinajstić information content (AvgIpc) is 2.42. The van der Waals surface area contributed by atoms with Crippen LogP contribution in [0.2, 0.25) is 0 Å². The van der Waals surface area contributed by atoms with Gasteiger partial charge in [-0.2, -0.15) is 0 Å². The van der Waals surface area contributed by atoms with Crippen LogP contribution in [0.3, 0.4) is 0 Å². The Bertz CT molecular complexity index is 365. The Morgan fingerprint density at radius 3 is 2.72 bits per heavy atom. The summed E-state index contributed by atoms with van der Waals surface area (Å²) in [4.78, 5) is 13.6. The molecule has 1 aromatic carbocycles. The predicted molar refractivity (Wildman–Crippen MR) is 73.6 cm³/mol. The molecule has 0 spiro atoms. The molecule has 1 rings (SSSR count). The maximum absolute atomic E-state index is 11.7. The van der Waals surface area contributed by atoms with E-state index in [-0.39, 0.29) is 19.1 Å². The minimum atomic E-state index is -0.0447. The van der Waals surface area contributed by atoms with E-state index in [1.54, 1.807) is 6.08 Å². The normalized spacial score (nSPS) is 9.83. The number of anilines is 1. The van der Waals surface area contributed by atoms with Gasteiger partial charge in [0.1, 0.15) is 0 Å². The molecule has 1 aromatic rings. The van der Waals surface area contributed by atoms with Crippen molar-refractivity contribution in [3.63, 3.8) is 0 Å². The van der Waals surface area contributed by atoms with E-state index in [1.807, 2.05) is 35.2 Å². The first kappa shape index (κ1) is 14.3. The lowest BCUT2D eigenvalue weighted by Gasteiger charge is -2.23. The van der Waals surface area contributed by atoms with Gasteiger partial charge in [0.25, 0.3) is 0 Å². The third-order valence-electron chi connectivity index (χ3n) is 2.49. The van der Waals surface area contributed by atoms with Crippen molar-refractivity contribution in [3.8, 4) is 0 Å². The number of benzene rings is 1. The molecule has 2 N–H and O–H groups in total. The van der Waals surface area contributed by atoms with Gasteiger partial charge in [-0.05, 0) is 18.6 Å². The van der Waals surface area contributed by atoms with Gasteiger partial charge in [0.05, 0.1) is 6.54 Å². The number of rotatable bonds is 8. The molecule has 0 aliphatic carbocycles. The van der Waals surface area contributed by atoms with Crippen LogP contribution in [0.1, 0.15) is 6.42 Å². The van der Waals surface area contributed by atoms with Crippen molar-refractivity contribution in [1.29, 1.82) is 0 Å². The van der Waals surface area contributed by atoms with Gasteiger partial charge in [0.15, 0.2) is 0 Å². The second-order valence-electron chi connectivity index (χ2n) is 3.93. The standard InChI is InChI=1S/C14H20N2O2/c1-2-9-15-14(18)12-16(10-6-11-17)13-7-4-3-5-8-13/h2-5,7-8,17H,1,6,9-12H2,(H,15,18). The zero-order chi connectivity index (χ0) is 13.2. The molecule has 0 unspecified atom stereocenters. The summed E-state index contributed by atoms with van der Waals surface area (Å²) in [5, 5.41) is 11.6. The molecule has 0 aliphatic rings. The summed E-state index contributed by atoms with van der Waals surface area (Å²) in [6.45, 7) is 5.10. The van der Waals surface area contributed by atoms with Crippen LogP contribution in [-0.2, 0) is 4.79 Å². The average molecular weight is 248 g/mol. The third-order valence-corrected chi connectivity index (χ3v) is 2.49. The largest absolute Gasteiger partial charge is 0.396 e. The highest BCUT2D eigenvalue weighted by molar-refractivity contribution is 5.81. The van der Waals surface area contributed by atoms with E-state index in [0.29, 0.717) is 19.5 Å². The van der Waals surface area contributed by atoms with E-state index >= 15 is 0 Å². The van der Waals surface area contributed by atoms with Gasteiger partial charge in [-0.1, -0.05) is 24.3 Å². The van der Waals surface area contributed by atoms with Crippen molar-refractivity contribution in [2.24, 2.45) is 0 Å². The van der Waals surface area contributed by atoms with E-state index in [2.05, 4.69) is 11.9 Å². The third kappa shape index (κ3) is 5.01. The van der Waals surface area contributed by atoms with Crippen LogP contribution in [0.4, 0.5) is 5.69 Å². The van der Waals surface area contributed by atoms with Crippen LogP contribution in [0.5, 0.6) is 0 Å². The van der Waals surface area contributed by atoms with Crippen LogP contribution >= 0.6 is 0 Å². The highest BCUT2D eigenvalue weighted by Crippen LogP contribution is 2.12. The fourth-order valence-electron chi connectivity index (χ4n) is 1.62. The first-order valence-electron chi connectivity index (χ1n) is 6.06. The summed E-state index contributed by atoms with van der Waals surface area (Å²) >= 11 is 0. The Balaban J connectivity index is 2.61. The van der Waals surface area contributed by atoms with Crippen LogP contribution < -0.4 is 10.2 Å². The topological polar surface area (TPSA) is 52.6 Å². The molecular formula is C14H20N2O2. The van der Waals surface area contributed by atoms with Gasteiger partial charge in [-0.25, -0.2) is 0 Å². The van der Waals surface area contributed by atoms with Gasteiger partial charge in [-0.15, -0.1) is 6.58 Å². The molecule has 0 saturated heterocycles. The van der Waals surface area contributed by atoms with Crippen molar-refractivity contribution >= 4 is 11.6 Å². The summed E-state index contributed by atoms with van der Waals surface area (Å²) in [5.74, 6) is -0.0447. The first-order chi connectivity index (χ1) is 8.77. The van der Waals surface area contributed by atoms with Crippen molar-refractivity contribution in [3.05, 3.63) is 43.0 Å². The first-order valence-corrected chi connectivity index (χ1v) is 6.06. The van der Waals surface area contributed by atoms with E-state index in [9.17, 15) is 4.79 Å². The van der Waals surface area contributed by atoms with Gasteiger partial charge >= 0.3 is 0 Å². The summed E-state index contributed by atoms with van der Waals surface area (Å²) in [5.41, 5.74) is 0.986. The molecule has 0 radical (unpaired) electrons. The highest BCUT2D eigenvalue weighted by Gasteiger charge is 2.10. The fourth-order valence-corrected chi connectivity index (χ4v) is 1.62. The Hall–Kier alpha value is -1.81. The van der Waals surface area contributed by atoms with Crippen LogP contribution in [-0.4, -0.2) is 37.3 Å². The van der Waals surface area contributed by atoms with Gasteiger partial charge < -0.3 is 15.3 Å². The van der Waals surface area contributed by atoms with Crippen LogP contribution in [0.25, 0.3) is 0 Å². The molecule has 0 aromatic heterocycles. The lowest BCUT2D eigenvalue weighted by molar-refractivity contribution is -0.119. The number of nitrogens with one attached hydrogen (secondary N) is 1. The van der Waals surface area contributed by atoms with Crippen LogP contribution in [0.15, 0.2) is 43.0 Å². The summed E-state index contributed by atoms with van der Waals surface area (Å²) < 4.78 is 0. The van der Waals surface area contributed by atoms with Gasteiger partial charge in [-0.3, -0.25) is 4.79 Å². The molecule has 18 heavy (non-hydrogen) atoms. The zero-order valence-electron chi connectivity index (χ0n) is 10.5.